The van der Waals surface area contributed by atoms with Crippen LogP contribution in [0.2, 0.25) is 0 Å². The van der Waals surface area contributed by atoms with E-state index in [9.17, 15) is 9.59 Å². The molecule has 0 radical (unpaired) electrons. The summed E-state index contributed by atoms with van der Waals surface area (Å²) in [6.07, 6.45) is 1.02. The molecule has 30 heavy (non-hydrogen) atoms. The lowest BCUT2D eigenvalue weighted by Gasteiger charge is -2.43. The van der Waals surface area contributed by atoms with Gasteiger partial charge in [0.15, 0.2) is 0 Å². The van der Waals surface area contributed by atoms with Gasteiger partial charge in [0.05, 0.1) is 0 Å². The lowest BCUT2D eigenvalue weighted by atomic mass is 9.80. The number of likely N-dealkylation sites (tertiary alicyclic amines) is 1. The molecule has 2 aliphatic rings. The van der Waals surface area contributed by atoms with Crippen molar-refractivity contribution < 1.29 is 4.79 Å². The summed E-state index contributed by atoms with van der Waals surface area (Å²) in [7, 11) is 0. The fourth-order valence-electron chi connectivity index (χ4n) is 5.12. The summed E-state index contributed by atoms with van der Waals surface area (Å²) in [5.74, 6) is 0.490. The van der Waals surface area contributed by atoms with Crippen LogP contribution < -0.4 is 10.9 Å². The van der Waals surface area contributed by atoms with Crippen LogP contribution in [0.4, 0.5) is 4.79 Å². The van der Waals surface area contributed by atoms with Gasteiger partial charge in [-0.3, -0.25) is 4.79 Å². The Balaban J connectivity index is 1.58. The average Bonchev–Trinajstić information content (AvgIpc) is 2.73. The molecule has 2 amide bonds. The number of hydrogen-bond acceptors (Lipinski definition) is 2. The van der Waals surface area contributed by atoms with Crippen LogP contribution in [0.3, 0.4) is 0 Å². The number of carbonyl (C=O) groups is 1. The van der Waals surface area contributed by atoms with Crippen LogP contribution >= 0.6 is 0 Å². The third-order valence-corrected chi connectivity index (χ3v) is 6.35. The van der Waals surface area contributed by atoms with Gasteiger partial charge in [0.2, 0.25) is 0 Å². The lowest BCUT2D eigenvalue weighted by molar-refractivity contribution is 0.130. The van der Waals surface area contributed by atoms with Gasteiger partial charge in [-0.05, 0) is 54.7 Å². The molecule has 1 aromatic heterocycles. The molecule has 2 atom stereocenters. The number of carbonyl (C=O) groups excluding carboxylic acids is 1. The maximum Gasteiger partial charge on any atom is 0.317 e. The van der Waals surface area contributed by atoms with Crippen LogP contribution in [-0.2, 0) is 6.54 Å². The van der Waals surface area contributed by atoms with Gasteiger partial charge in [0, 0.05) is 48.9 Å². The van der Waals surface area contributed by atoms with Gasteiger partial charge in [0.1, 0.15) is 0 Å². The predicted molar refractivity (Wildman–Crippen MR) is 120 cm³/mol. The number of hydrogen-bond donors (Lipinski definition) is 1. The highest BCUT2D eigenvalue weighted by atomic mass is 16.2. The Morgan fingerprint density at radius 3 is 2.60 bits per heavy atom. The zero-order valence-corrected chi connectivity index (χ0v) is 17.5. The number of pyridine rings is 1. The van der Waals surface area contributed by atoms with E-state index in [1.807, 2.05) is 41.5 Å². The van der Waals surface area contributed by atoms with Crippen molar-refractivity contribution in [2.75, 3.05) is 13.1 Å². The van der Waals surface area contributed by atoms with E-state index in [0.717, 1.165) is 23.2 Å². The Morgan fingerprint density at radius 1 is 1.00 bits per heavy atom. The van der Waals surface area contributed by atoms with Crippen LogP contribution in [0.15, 0.2) is 59.4 Å². The first kappa shape index (κ1) is 18.9. The molecule has 5 nitrogen and oxygen atoms in total. The van der Waals surface area contributed by atoms with Crippen LogP contribution in [0, 0.1) is 5.92 Å². The Bertz CT molecular complexity index is 1180. The topological polar surface area (TPSA) is 54.3 Å². The number of urea groups is 1. The van der Waals surface area contributed by atoms with Gasteiger partial charge in [-0.1, -0.05) is 36.4 Å². The molecule has 2 aromatic carbocycles. The van der Waals surface area contributed by atoms with Crippen molar-refractivity contribution in [2.45, 2.75) is 38.8 Å². The first-order valence-corrected chi connectivity index (χ1v) is 10.8. The number of rotatable bonds is 2. The molecular weight excluding hydrogens is 374 g/mol. The highest BCUT2D eigenvalue weighted by Crippen LogP contribution is 2.40. The van der Waals surface area contributed by atoms with Crippen molar-refractivity contribution in [3.63, 3.8) is 0 Å². The minimum Gasteiger partial charge on any atom is -0.336 e. The summed E-state index contributed by atoms with van der Waals surface area (Å²) in [6, 6.07) is 18.6. The van der Waals surface area contributed by atoms with E-state index < -0.39 is 0 Å². The number of benzene rings is 2. The maximum absolute atomic E-state index is 12.7. The highest BCUT2D eigenvalue weighted by Gasteiger charge is 2.37. The zero-order valence-electron chi connectivity index (χ0n) is 17.5. The van der Waals surface area contributed by atoms with Crippen molar-refractivity contribution in [3.8, 4) is 11.1 Å². The first-order valence-electron chi connectivity index (χ1n) is 10.8. The number of nitrogens with one attached hydrogen (secondary N) is 1. The molecule has 0 unspecified atom stereocenters. The van der Waals surface area contributed by atoms with E-state index in [4.69, 9.17) is 0 Å². The number of nitrogens with zero attached hydrogens (tertiary/aromatic N) is 2. The van der Waals surface area contributed by atoms with Crippen molar-refractivity contribution in [2.24, 2.45) is 5.92 Å². The third-order valence-electron chi connectivity index (χ3n) is 6.35. The molecule has 1 saturated heterocycles. The van der Waals surface area contributed by atoms with Gasteiger partial charge in [-0.2, -0.15) is 0 Å². The second-order valence-corrected chi connectivity index (χ2v) is 8.95. The van der Waals surface area contributed by atoms with E-state index in [1.165, 1.54) is 10.8 Å². The average molecular weight is 402 g/mol. The molecular formula is C25H27N3O2. The van der Waals surface area contributed by atoms with Gasteiger partial charge < -0.3 is 14.8 Å². The molecule has 0 aliphatic carbocycles. The van der Waals surface area contributed by atoms with Crippen LogP contribution in [-0.4, -0.2) is 34.6 Å². The molecule has 1 fully saturated rings. The lowest BCUT2D eigenvalue weighted by Crippen LogP contribution is -2.53. The summed E-state index contributed by atoms with van der Waals surface area (Å²) in [5, 5.41) is 5.42. The molecule has 1 N–H and O–H groups in total. The van der Waals surface area contributed by atoms with Gasteiger partial charge in [0.25, 0.3) is 5.56 Å². The molecule has 5 rings (SSSR count). The fraction of sp³-hybridized carbons (Fsp3) is 0.360. The molecule has 2 aliphatic heterocycles. The van der Waals surface area contributed by atoms with Gasteiger partial charge in [-0.15, -0.1) is 0 Å². The molecule has 5 heteroatoms. The fourth-order valence-corrected chi connectivity index (χ4v) is 5.12. The number of fused-ring (bicyclic) bond motifs is 5. The van der Waals surface area contributed by atoms with E-state index in [-0.39, 0.29) is 23.6 Å². The third kappa shape index (κ3) is 3.28. The molecule has 0 spiro atoms. The van der Waals surface area contributed by atoms with Gasteiger partial charge in [-0.25, -0.2) is 4.79 Å². The predicted octanol–water partition coefficient (Wildman–Crippen LogP) is 4.21. The molecule has 2 bridgehead atoms. The van der Waals surface area contributed by atoms with Crippen LogP contribution in [0.25, 0.3) is 21.9 Å². The number of amides is 2. The minimum atomic E-state index is -0.00122. The molecule has 154 valence electrons. The van der Waals surface area contributed by atoms with Gasteiger partial charge >= 0.3 is 6.03 Å². The summed E-state index contributed by atoms with van der Waals surface area (Å²) < 4.78 is 1.96. The largest absolute Gasteiger partial charge is 0.336 e. The summed E-state index contributed by atoms with van der Waals surface area (Å²) in [5.41, 5.74) is 3.37. The van der Waals surface area contributed by atoms with Crippen molar-refractivity contribution >= 4 is 16.8 Å². The highest BCUT2D eigenvalue weighted by molar-refractivity contribution is 5.87. The SMILES string of the molecule is CC(C)NC(=O)N1C[C@@H]2C[C@H](C1)c1c(-c3ccc4ccccc4c3)ccc(=O)n1C2. The van der Waals surface area contributed by atoms with Crippen molar-refractivity contribution in [1.82, 2.24) is 14.8 Å². The normalized spacial score (nSPS) is 20.3. The van der Waals surface area contributed by atoms with Crippen molar-refractivity contribution in [3.05, 3.63) is 70.6 Å². The van der Waals surface area contributed by atoms with E-state index in [0.29, 0.717) is 25.6 Å². The zero-order chi connectivity index (χ0) is 20.8. The molecule has 3 aromatic rings. The van der Waals surface area contributed by atoms with E-state index in [1.54, 1.807) is 6.07 Å². The smallest absolute Gasteiger partial charge is 0.317 e. The molecule has 0 saturated carbocycles. The summed E-state index contributed by atoms with van der Waals surface area (Å²) >= 11 is 0. The van der Waals surface area contributed by atoms with E-state index in [2.05, 4.69) is 35.6 Å². The quantitative estimate of drug-likeness (QED) is 0.700. The molecule has 3 heterocycles. The summed E-state index contributed by atoms with van der Waals surface area (Å²) in [4.78, 5) is 27.3. The monoisotopic (exact) mass is 401 g/mol. The minimum absolute atomic E-state index is 0.00122. The standard InChI is InChI=1S/C25H27N3O2/c1-16(2)26-25(30)27-13-17-11-21(15-27)24-22(9-10-23(29)28(24)14-17)20-8-7-18-5-3-4-6-19(18)12-20/h3-10,12,16-17,21H,11,13-15H2,1-2H3,(H,26,30)/t17-,21+/m0/s1. The number of aromatic nitrogens is 1. The second kappa shape index (κ2) is 7.31. The summed E-state index contributed by atoms with van der Waals surface area (Å²) in [6.45, 7) is 6.00. The first-order chi connectivity index (χ1) is 14.5. The second-order valence-electron chi connectivity index (χ2n) is 8.95. The Kier molecular flexibility index (Phi) is 4.61. The number of piperidine rings is 1. The van der Waals surface area contributed by atoms with Crippen LogP contribution in [0.5, 0.6) is 0 Å². The maximum atomic E-state index is 12.7. The Hall–Kier alpha value is -3.08. The Morgan fingerprint density at radius 2 is 1.80 bits per heavy atom. The van der Waals surface area contributed by atoms with E-state index >= 15 is 0 Å². The van der Waals surface area contributed by atoms with Crippen molar-refractivity contribution in [1.29, 1.82) is 0 Å². The van der Waals surface area contributed by atoms with Crippen LogP contribution in [0.1, 0.15) is 31.9 Å². The Labute approximate surface area is 176 Å².